The Morgan fingerprint density at radius 3 is 3.14 bits per heavy atom. The normalized spacial score (nSPS) is 21.1. The van der Waals surface area contributed by atoms with Crippen LogP contribution in [0.5, 0.6) is 0 Å². The zero-order chi connectivity index (χ0) is 15.1. The van der Waals surface area contributed by atoms with E-state index in [1.165, 1.54) is 16.2 Å². The molecule has 1 saturated heterocycles. The van der Waals surface area contributed by atoms with E-state index in [4.69, 9.17) is 10.5 Å². The van der Waals surface area contributed by atoms with Gasteiger partial charge in [-0.2, -0.15) is 0 Å². The summed E-state index contributed by atoms with van der Waals surface area (Å²) in [4.78, 5) is 22.0. The Morgan fingerprint density at radius 2 is 2.32 bits per heavy atom. The maximum atomic E-state index is 12.7. The lowest BCUT2D eigenvalue weighted by Gasteiger charge is -2.25. The fraction of sp³-hybridized carbons (Fsp3) is 0.467. The molecule has 2 aliphatic heterocycles. The average molecular weight is 335 g/mol. The zero-order valence-corrected chi connectivity index (χ0v) is 13.7. The highest BCUT2D eigenvalue weighted by Crippen LogP contribution is 2.34. The van der Waals surface area contributed by atoms with Crippen LogP contribution in [0, 0.1) is 0 Å². The fourth-order valence-corrected chi connectivity index (χ4v) is 4.94. The first-order chi connectivity index (χ1) is 10.7. The van der Waals surface area contributed by atoms with Crippen molar-refractivity contribution in [1.82, 2.24) is 9.88 Å². The molecule has 2 aromatic heterocycles. The largest absolute Gasteiger partial charge is 0.375 e. The van der Waals surface area contributed by atoms with E-state index in [0.29, 0.717) is 18.2 Å². The molecule has 1 fully saturated rings. The van der Waals surface area contributed by atoms with Gasteiger partial charge in [-0.25, -0.2) is 4.98 Å². The average Bonchev–Trinajstić information content (AvgIpc) is 3.24. The number of aromatic nitrogens is 1. The molecule has 5 nitrogen and oxygen atoms in total. The summed E-state index contributed by atoms with van der Waals surface area (Å²) >= 11 is 3.05. The third-order valence-electron chi connectivity index (χ3n) is 4.12. The van der Waals surface area contributed by atoms with Crippen LogP contribution in [0.15, 0.2) is 12.1 Å². The Morgan fingerprint density at radius 1 is 1.41 bits per heavy atom. The lowest BCUT2D eigenvalue weighted by atomic mass is 10.1. The highest BCUT2D eigenvalue weighted by molar-refractivity contribution is 7.15. The first-order valence-corrected chi connectivity index (χ1v) is 9.08. The number of hydrogen-bond donors (Lipinski definition) is 1. The van der Waals surface area contributed by atoms with Gasteiger partial charge in [0.1, 0.15) is 0 Å². The summed E-state index contributed by atoms with van der Waals surface area (Å²) in [5, 5.41) is 0.594. The van der Waals surface area contributed by atoms with Crippen molar-refractivity contribution in [1.29, 1.82) is 0 Å². The molecule has 0 saturated carbocycles. The molecular weight excluding hydrogens is 318 g/mol. The molecule has 2 N–H and O–H groups in total. The van der Waals surface area contributed by atoms with Gasteiger partial charge in [-0.05, 0) is 25.0 Å². The molecule has 4 heterocycles. The second-order valence-electron chi connectivity index (χ2n) is 5.60. The lowest BCUT2D eigenvalue weighted by Crippen LogP contribution is -2.35. The van der Waals surface area contributed by atoms with Crippen LogP contribution >= 0.6 is 22.7 Å². The summed E-state index contributed by atoms with van der Waals surface area (Å²) in [7, 11) is 0. The third-order valence-corrected chi connectivity index (χ3v) is 6.20. The molecule has 2 aliphatic rings. The third kappa shape index (κ3) is 2.53. The van der Waals surface area contributed by atoms with Crippen LogP contribution in [0.2, 0.25) is 0 Å². The zero-order valence-electron chi connectivity index (χ0n) is 12.1. The smallest absolute Gasteiger partial charge is 0.264 e. The summed E-state index contributed by atoms with van der Waals surface area (Å²) in [5.74, 6) is 0.104. The minimum Gasteiger partial charge on any atom is -0.375 e. The molecule has 22 heavy (non-hydrogen) atoms. The Bertz CT molecular complexity index is 703. The molecule has 4 rings (SSSR count). The SMILES string of the molecule is Nc1nc2c(s1)CN(C(=O)c1ccc([C@@H]3CCCO3)s1)CC2. The van der Waals surface area contributed by atoms with Gasteiger partial charge < -0.3 is 15.4 Å². The number of nitrogen functional groups attached to an aromatic ring is 1. The molecular formula is C15H17N3O2S2. The van der Waals surface area contributed by atoms with Crippen LogP contribution in [0.3, 0.4) is 0 Å². The molecule has 0 aliphatic carbocycles. The summed E-state index contributed by atoms with van der Waals surface area (Å²) < 4.78 is 5.69. The van der Waals surface area contributed by atoms with Crippen LogP contribution in [-0.4, -0.2) is 28.9 Å². The Labute approximate surface area is 136 Å². The molecule has 0 unspecified atom stereocenters. The number of carbonyl (C=O) groups excluding carboxylic acids is 1. The molecule has 0 spiro atoms. The van der Waals surface area contributed by atoms with E-state index in [2.05, 4.69) is 4.98 Å². The molecule has 0 bridgehead atoms. The molecule has 0 radical (unpaired) electrons. The molecule has 2 aromatic rings. The van der Waals surface area contributed by atoms with Crippen LogP contribution in [0.25, 0.3) is 0 Å². The van der Waals surface area contributed by atoms with Crippen LogP contribution in [-0.2, 0) is 17.7 Å². The fourth-order valence-electron chi connectivity index (χ4n) is 2.99. The highest BCUT2D eigenvalue weighted by atomic mass is 32.1. The minimum absolute atomic E-state index is 0.104. The summed E-state index contributed by atoms with van der Waals surface area (Å²) in [5.41, 5.74) is 6.81. The number of rotatable bonds is 2. The number of anilines is 1. The molecule has 116 valence electrons. The topological polar surface area (TPSA) is 68.5 Å². The quantitative estimate of drug-likeness (QED) is 0.916. The van der Waals surface area contributed by atoms with Crippen molar-refractivity contribution < 1.29 is 9.53 Å². The number of thiazole rings is 1. The van der Waals surface area contributed by atoms with Gasteiger partial charge in [0, 0.05) is 29.3 Å². The Hall–Kier alpha value is -1.44. The van der Waals surface area contributed by atoms with Crippen molar-refractivity contribution in [2.45, 2.75) is 31.9 Å². The molecule has 1 amide bonds. The number of hydrogen-bond acceptors (Lipinski definition) is 6. The van der Waals surface area contributed by atoms with Gasteiger partial charge in [0.15, 0.2) is 5.13 Å². The van der Waals surface area contributed by atoms with Gasteiger partial charge in [-0.1, -0.05) is 0 Å². The second kappa shape index (κ2) is 5.64. The van der Waals surface area contributed by atoms with E-state index in [-0.39, 0.29) is 12.0 Å². The lowest BCUT2D eigenvalue weighted by molar-refractivity contribution is 0.0741. The van der Waals surface area contributed by atoms with Crippen molar-refractivity contribution >= 4 is 33.7 Å². The van der Waals surface area contributed by atoms with Gasteiger partial charge in [0.2, 0.25) is 0 Å². The number of thiophene rings is 1. The number of fused-ring (bicyclic) bond motifs is 1. The predicted molar refractivity (Wildman–Crippen MR) is 87.2 cm³/mol. The predicted octanol–water partition coefficient (Wildman–Crippen LogP) is 2.84. The Kier molecular flexibility index (Phi) is 3.63. The maximum Gasteiger partial charge on any atom is 0.264 e. The van der Waals surface area contributed by atoms with Gasteiger partial charge in [-0.15, -0.1) is 22.7 Å². The Balaban J connectivity index is 1.50. The summed E-state index contributed by atoms with van der Waals surface area (Å²) in [6.07, 6.45) is 3.13. The van der Waals surface area contributed by atoms with Crippen molar-refractivity contribution in [3.8, 4) is 0 Å². The van der Waals surface area contributed by atoms with Crippen molar-refractivity contribution in [3.05, 3.63) is 32.5 Å². The first-order valence-electron chi connectivity index (χ1n) is 7.45. The summed E-state index contributed by atoms with van der Waals surface area (Å²) in [6, 6.07) is 3.97. The number of nitrogens with zero attached hydrogens (tertiary/aromatic N) is 2. The van der Waals surface area contributed by atoms with Crippen LogP contribution in [0.4, 0.5) is 5.13 Å². The van der Waals surface area contributed by atoms with E-state index >= 15 is 0 Å². The van der Waals surface area contributed by atoms with Crippen molar-refractivity contribution in [2.75, 3.05) is 18.9 Å². The van der Waals surface area contributed by atoms with Crippen LogP contribution in [0.1, 0.15) is 44.1 Å². The molecule has 1 atom stereocenters. The number of amides is 1. The standard InChI is InChI=1S/C15H17N3O2S2/c16-15-17-9-5-6-18(8-13(9)22-15)14(19)12-4-3-11(21-12)10-2-1-7-20-10/h3-4,10H,1-2,5-8H2,(H2,16,17)/t10-/m0/s1. The second-order valence-corrected chi connectivity index (χ2v) is 7.83. The van der Waals surface area contributed by atoms with E-state index in [1.807, 2.05) is 17.0 Å². The highest BCUT2D eigenvalue weighted by Gasteiger charge is 2.27. The number of ether oxygens (including phenoxy) is 1. The van der Waals surface area contributed by atoms with E-state index < -0.39 is 0 Å². The van der Waals surface area contributed by atoms with E-state index in [1.54, 1.807) is 11.3 Å². The van der Waals surface area contributed by atoms with E-state index in [0.717, 1.165) is 41.3 Å². The van der Waals surface area contributed by atoms with Crippen molar-refractivity contribution in [3.63, 3.8) is 0 Å². The maximum absolute atomic E-state index is 12.7. The van der Waals surface area contributed by atoms with Gasteiger partial charge in [0.05, 0.1) is 23.2 Å². The number of nitrogens with two attached hydrogens (primary N) is 1. The summed E-state index contributed by atoms with van der Waals surface area (Å²) in [6.45, 7) is 2.16. The molecule has 7 heteroatoms. The van der Waals surface area contributed by atoms with Crippen molar-refractivity contribution in [2.24, 2.45) is 0 Å². The molecule has 0 aromatic carbocycles. The van der Waals surface area contributed by atoms with Gasteiger partial charge in [-0.3, -0.25) is 4.79 Å². The monoisotopic (exact) mass is 335 g/mol. The number of carbonyl (C=O) groups is 1. The van der Waals surface area contributed by atoms with Gasteiger partial charge in [0.25, 0.3) is 5.91 Å². The van der Waals surface area contributed by atoms with Crippen LogP contribution < -0.4 is 5.73 Å². The minimum atomic E-state index is 0.104. The van der Waals surface area contributed by atoms with Gasteiger partial charge >= 0.3 is 0 Å². The first kappa shape index (κ1) is 14.2. The van der Waals surface area contributed by atoms with E-state index in [9.17, 15) is 4.79 Å².